The molecule has 1 aromatic carbocycles. The van der Waals surface area contributed by atoms with E-state index in [4.69, 9.17) is 10.5 Å². The maximum atomic E-state index is 6.00. The monoisotopic (exact) mass is 217 g/mol. The first-order valence-electron chi connectivity index (χ1n) is 5.18. The van der Waals surface area contributed by atoms with Gasteiger partial charge in [0.2, 0.25) is 0 Å². The third-order valence-electron chi connectivity index (χ3n) is 2.41. The van der Waals surface area contributed by atoms with Gasteiger partial charge in [0.1, 0.15) is 12.4 Å². The van der Waals surface area contributed by atoms with Crippen LogP contribution in [-0.2, 0) is 7.05 Å². The third-order valence-corrected chi connectivity index (χ3v) is 2.41. The molecule has 0 fully saturated rings. The van der Waals surface area contributed by atoms with Crippen molar-refractivity contribution in [1.29, 1.82) is 0 Å². The Morgan fingerprint density at radius 3 is 2.69 bits per heavy atom. The Morgan fingerprint density at radius 1 is 1.31 bits per heavy atom. The molecule has 1 unspecified atom stereocenters. The van der Waals surface area contributed by atoms with Crippen LogP contribution in [0.5, 0.6) is 5.75 Å². The molecule has 16 heavy (non-hydrogen) atoms. The van der Waals surface area contributed by atoms with E-state index in [2.05, 4.69) is 5.10 Å². The lowest BCUT2D eigenvalue weighted by atomic mass is 10.2. The number of hydrogen-bond acceptors (Lipinski definition) is 3. The second kappa shape index (κ2) is 4.81. The molecule has 4 nitrogen and oxygen atoms in total. The van der Waals surface area contributed by atoms with Crippen LogP contribution >= 0.6 is 0 Å². The summed E-state index contributed by atoms with van der Waals surface area (Å²) >= 11 is 0. The van der Waals surface area contributed by atoms with Gasteiger partial charge >= 0.3 is 0 Å². The summed E-state index contributed by atoms with van der Waals surface area (Å²) in [5.74, 6) is 0.833. The summed E-state index contributed by atoms with van der Waals surface area (Å²) in [6.07, 6.45) is 1.73. The largest absolute Gasteiger partial charge is 0.492 e. The Labute approximate surface area is 94.6 Å². The van der Waals surface area contributed by atoms with E-state index in [0.717, 1.165) is 11.4 Å². The lowest BCUT2D eigenvalue weighted by Crippen LogP contribution is -2.21. The summed E-state index contributed by atoms with van der Waals surface area (Å²) in [7, 11) is 1.87. The van der Waals surface area contributed by atoms with Crippen molar-refractivity contribution in [3.05, 3.63) is 48.3 Å². The molecule has 1 atom stereocenters. The average molecular weight is 217 g/mol. The van der Waals surface area contributed by atoms with Crippen LogP contribution in [-0.4, -0.2) is 16.4 Å². The molecule has 0 saturated carbocycles. The van der Waals surface area contributed by atoms with Gasteiger partial charge in [0, 0.05) is 13.2 Å². The van der Waals surface area contributed by atoms with Crippen molar-refractivity contribution in [1.82, 2.24) is 9.78 Å². The summed E-state index contributed by atoms with van der Waals surface area (Å²) in [6.45, 7) is 0.448. The van der Waals surface area contributed by atoms with E-state index in [1.165, 1.54) is 0 Å². The van der Waals surface area contributed by atoms with Crippen LogP contribution in [0, 0.1) is 0 Å². The zero-order valence-electron chi connectivity index (χ0n) is 9.21. The van der Waals surface area contributed by atoms with E-state index in [-0.39, 0.29) is 6.04 Å². The molecule has 2 rings (SSSR count). The smallest absolute Gasteiger partial charge is 0.119 e. The molecule has 0 radical (unpaired) electrons. The molecule has 0 amide bonds. The van der Waals surface area contributed by atoms with Crippen molar-refractivity contribution in [2.24, 2.45) is 12.8 Å². The highest BCUT2D eigenvalue weighted by Crippen LogP contribution is 2.13. The zero-order valence-corrected chi connectivity index (χ0v) is 9.21. The average Bonchev–Trinajstić information content (AvgIpc) is 2.74. The van der Waals surface area contributed by atoms with Crippen molar-refractivity contribution >= 4 is 0 Å². The van der Waals surface area contributed by atoms with Crippen LogP contribution in [0.25, 0.3) is 0 Å². The van der Waals surface area contributed by atoms with E-state index in [1.807, 2.05) is 43.4 Å². The van der Waals surface area contributed by atoms with Crippen LogP contribution in [0.3, 0.4) is 0 Å². The first-order valence-corrected chi connectivity index (χ1v) is 5.18. The van der Waals surface area contributed by atoms with Crippen LogP contribution in [0.2, 0.25) is 0 Å². The normalized spacial score (nSPS) is 12.4. The Kier molecular flexibility index (Phi) is 3.22. The van der Waals surface area contributed by atoms with Crippen LogP contribution < -0.4 is 10.5 Å². The zero-order chi connectivity index (χ0) is 11.4. The molecule has 1 heterocycles. The molecule has 84 valence electrons. The number of hydrogen-bond donors (Lipinski definition) is 1. The molecule has 1 aromatic heterocycles. The molecule has 0 aliphatic carbocycles. The summed E-state index contributed by atoms with van der Waals surface area (Å²) in [6, 6.07) is 11.4. The number of aryl methyl sites for hydroxylation is 1. The molecular weight excluding hydrogens is 202 g/mol. The quantitative estimate of drug-likeness (QED) is 0.844. The fourth-order valence-electron chi connectivity index (χ4n) is 1.54. The van der Waals surface area contributed by atoms with Crippen molar-refractivity contribution in [3.63, 3.8) is 0 Å². The SMILES string of the molecule is Cn1nccc1C(N)COc1ccccc1. The number of nitrogens with two attached hydrogens (primary N) is 1. The summed E-state index contributed by atoms with van der Waals surface area (Å²) < 4.78 is 7.34. The second-order valence-corrected chi connectivity index (χ2v) is 3.61. The maximum absolute atomic E-state index is 6.00. The fourth-order valence-corrected chi connectivity index (χ4v) is 1.54. The molecule has 4 heteroatoms. The minimum Gasteiger partial charge on any atom is -0.492 e. The molecule has 0 bridgehead atoms. The Balaban J connectivity index is 1.94. The van der Waals surface area contributed by atoms with Gasteiger partial charge in [0.25, 0.3) is 0 Å². The second-order valence-electron chi connectivity index (χ2n) is 3.61. The van der Waals surface area contributed by atoms with Gasteiger partial charge in [-0.25, -0.2) is 0 Å². The highest BCUT2D eigenvalue weighted by molar-refractivity contribution is 5.21. The summed E-state index contributed by atoms with van der Waals surface area (Å²) in [4.78, 5) is 0. The van der Waals surface area contributed by atoms with Gasteiger partial charge in [0.15, 0.2) is 0 Å². The molecule has 0 aliphatic heterocycles. The number of benzene rings is 1. The van der Waals surface area contributed by atoms with Crippen LogP contribution in [0.15, 0.2) is 42.6 Å². The molecular formula is C12H15N3O. The minimum absolute atomic E-state index is 0.160. The number of aromatic nitrogens is 2. The summed E-state index contributed by atoms with van der Waals surface area (Å²) in [5, 5.41) is 4.07. The van der Waals surface area contributed by atoms with Crippen LogP contribution in [0.1, 0.15) is 11.7 Å². The first kappa shape index (κ1) is 10.7. The number of para-hydroxylation sites is 1. The number of rotatable bonds is 4. The highest BCUT2D eigenvalue weighted by Gasteiger charge is 2.10. The number of nitrogens with zero attached hydrogens (tertiary/aromatic N) is 2. The predicted molar refractivity (Wildman–Crippen MR) is 62.1 cm³/mol. The van der Waals surface area contributed by atoms with E-state index < -0.39 is 0 Å². The van der Waals surface area contributed by atoms with Gasteiger partial charge < -0.3 is 10.5 Å². The Hall–Kier alpha value is -1.81. The van der Waals surface area contributed by atoms with Crippen molar-refractivity contribution in [2.45, 2.75) is 6.04 Å². The fraction of sp³-hybridized carbons (Fsp3) is 0.250. The van der Waals surface area contributed by atoms with Gasteiger partial charge in [-0.1, -0.05) is 18.2 Å². The minimum atomic E-state index is -0.160. The van der Waals surface area contributed by atoms with Gasteiger partial charge in [-0.05, 0) is 18.2 Å². The van der Waals surface area contributed by atoms with E-state index in [9.17, 15) is 0 Å². The molecule has 2 N–H and O–H groups in total. The maximum Gasteiger partial charge on any atom is 0.119 e. The van der Waals surface area contributed by atoms with Crippen molar-refractivity contribution in [3.8, 4) is 5.75 Å². The predicted octanol–water partition coefficient (Wildman–Crippen LogP) is 1.50. The lowest BCUT2D eigenvalue weighted by Gasteiger charge is -2.13. The molecule has 2 aromatic rings. The summed E-state index contributed by atoms with van der Waals surface area (Å²) in [5.41, 5.74) is 6.97. The number of ether oxygens (including phenoxy) is 1. The highest BCUT2D eigenvalue weighted by atomic mass is 16.5. The standard InChI is InChI=1S/C12H15N3O/c1-15-12(7-8-14-15)11(13)9-16-10-5-3-2-4-6-10/h2-8,11H,9,13H2,1H3. The molecule has 0 saturated heterocycles. The first-order chi connectivity index (χ1) is 7.77. The molecule has 0 aliphatic rings. The topological polar surface area (TPSA) is 53.1 Å². The van der Waals surface area contributed by atoms with Crippen molar-refractivity contribution < 1.29 is 4.74 Å². The van der Waals surface area contributed by atoms with Gasteiger partial charge in [-0.2, -0.15) is 5.10 Å². The van der Waals surface area contributed by atoms with Gasteiger partial charge in [-0.15, -0.1) is 0 Å². The van der Waals surface area contributed by atoms with E-state index >= 15 is 0 Å². The van der Waals surface area contributed by atoms with Crippen LogP contribution in [0.4, 0.5) is 0 Å². The van der Waals surface area contributed by atoms with E-state index in [0.29, 0.717) is 6.61 Å². The van der Waals surface area contributed by atoms with E-state index in [1.54, 1.807) is 10.9 Å². The lowest BCUT2D eigenvalue weighted by molar-refractivity contribution is 0.285. The Morgan fingerprint density at radius 2 is 2.06 bits per heavy atom. The Bertz CT molecular complexity index is 439. The molecule has 0 spiro atoms. The van der Waals surface area contributed by atoms with Gasteiger partial charge in [-0.3, -0.25) is 4.68 Å². The third kappa shape index (κ3) is 2.41. The van der Waals surface area contributed by atoms with Crippen molar-refractivity contribution in [2.75, 3.05) is 6.61 Å². The van der Waals surface area contributed by atoms with Gasteiger partial charge in [0.05, 0.1) is 11.7 Å².